The fourth-order valence-electron chi connectivity index (χ4n) is 3.30. The second-order valence-corrected chi connectivity index (χ2v) is 7.48. The van der Waals surface area contributed by atoms with Crippen molar-refractivity contribution >= 4 is 17.7 Å². The van der Waals surface area contributed by atoms with Crippen LogP contribution < -0.4 is 9.47 Å². The predicted molar refractivity (Wildman–Crippen MR) is 122 cm³/mol. The van der Waals surface area contributed by atoms with Gasteiger partial charge in [0.25, 0.3) is 0 Å². The molecular formula is C24H30N2O7. The van der Waals surface area contributed by atoms with Crippen LogP contribution in [0, 0.1) is 0 Å². The molecule has 0 unspecified atom stereocenters. The highest BCUT2D eigenvalue weighted by Crippen LogP contribution is 2.28. The van der Waals surface area contributed by atoms with E-state index in [1.54, 1.807) is 26.2 Å². The van der Waals surface area contributed by atoms with Gasteiger partial charge in [-0.05, 0) is 30.7 Å². The van der Waals surface area contributed by atoms with E-state index in [9.17, 15) is 4.79 Å². The molecule has 0 saturated carbocycles. The van der Waals surface area contributed by atoms with Crippen LogP contribution in [-0.2, 0) is 16.1 Å². The summed E-state index contributed by atoms with van der Waals surface area (Å²) in [4.78, 5) is 34.6. The standard InChI is InChI=1S/C22H28N2O3.C2H2O4/c1-18(25)20-8-9-21(22(16-20)26-2)27-15-14-23-10-12-24(13-11-23)17-19-6-4-3-5-7-19;3-1(4)2(5)6/h3-9,16H,10-15,17H2,1-2H3;(H,3,4)(H,5,6). The van der Waals surface area contributed by atoms with Crippen molar-refractivity contribution in [3.8, 4) is 11.5 Å². The number of carboxylic acids is 2. The van der Waals surface area contributed by atoms with E-state index in [1.165, 1.54) is 5.56 Å². The molecule has 0 spiro atoms. The first-order valence-corrected chi connectivity index (χ1v) is 10.6. The Hall–Kier alpha value is -3.43. The summed E-state index contributed by atoms with van der Waals surface area (Å²) in [5, 5.41) is 14.8. The van der Waals surface area contributed by atoms with E-state index in [0.29, 0.717) is 23.7 Å². The molecule has 1 aliphatic rings. The lowest BCUT2D eigenvalue weighted by molar-refractivity contribution is -0.159. The van der Waals surface area contributed by atoms with Crippen molar-refractivity contribution in [2.75, 3.05) is 46.4 Å². The Balaban J connectivity index is 0.000000569. The maximum absolute atomic E-state index is 11.5. The molecule has 9 nitrogen and oxygen atoms in total. The van der Waals surface area contributed by atoms with Gasteiger partial charge in [0.2, 0.25) is 0 Å². The van der Waals surface area contributed by atoms with E-state index >= 15 is 0 Å². The van der Waals surface area contributed by atoms with Gasteiger partial charge in [0.1, 0.15) is 6.61 Å². The van der Waals surface area contributed by atoms with E-state index in [0.717, 1.165) is 39.3 Å². The van der Waals surface area contributed by atoms with Crippen LogP contribution >= 0.6 is 0 Å². The van der Waals surface area contributed by atoms with Gasteiger partial charge < -0.3 is 19.7 Å². The van der Waals surface area contributed by atoms with Gasteiger partial charge in [-0.2, -0.15) is 0 Å². The first kappa shape index (κ1) is 25.8. The van der Waals surface area contributed by atoms with E-state index < -0.39 is 11.9 Å². The molecule has 2 aromatic carbocycles. The minimum atomic E-state index is -1.82. The maximum atomic E-state index is 11.5. The van der Waals surface area contributed by atoms with Gasteiger partial charge in [0.15, 0.2) is 17.3 Å². The number of carbonyl (C=O) groups is 3. The second kappa shape index (κ2) is 13.2. The Labute approximate surface area is 193 Å². The fourth-order valence-corrected chi connectivity index (χ4v) is 3.30. The summed E-state index contributed by atoms with van der Waals surface area (Å²) in [6.07, 6.45) is 0. The van der Waals surface area contributed by atoms with E-state index in [-0.39, 0.29) is 5.78 Å². The van der Waals surface area contributed by atoms with Gasteiger partial charge in [-0.15, -0.1) is 0 Å². The zero-order chi connectivity index (χ0) is 24.2. The second-order valence-electron chi connectivity index (χ2n) is 7.48. The topological polar surface area (TPSA) is 117 Å². The third kappa shape index (κ3) is 8.91. The number of ether oxygens (including phenoxy) is 2. The summed E-state index contributed by atoms with van der Waals surface area (Å²) < 4.78 is 11.2. The zero-order valence-electron chi connectivity index (χ0n) is 18.9. The summed E-state index contributed by atoms with van der Waals surface area (Å²) in [5.41, 5.74) is 2.00. The molecule has 0 aromatic heterocycles. The van der Waals surface area contributed by atoms with E-state index in [2.05, 4.69) is 40.1 Å². The number of nitrogens with zero attached hydrogens (tertiary/aromatic N) is 2. The fraction of sp³-hybridized carbons (Fsp3) is 0.375. The first-order chi connectivity index (χ1) is 15.8. The summed E-state index contributed by atoms with van der Waals surface area (Å²) >= 11 is 0. The average Bonchev–Trinajstić information content (AvgIpc) is 2.81. The third-order valence-electron chi connectivity index (χ3n) is 5.13. The molecule has 0 atom stereocenters. The highest BCUT2D eigenvalue weighted by molar-refractivity contribution is 6.27. The van der Waals surface area contributed by atoms with Crippen molar-refractivity contribution in [2.45, 2.75) is 13.5 Å². The highest BCUT2D eigenvalue weighted by Gasteiger charge is 2.17. The molecule has 2 N–H and O–H groups in total. The van der Waals surface area contributed by atoms with Gasteiger partial charge in [-0.25, -0.2) is 9.59 Å². The molecule has 3 rings (SSSR count). The number of Topliss-reactive ketones (excluding diaryl/α,β-unsaturated/α-hetero) is 1. The molecule has 1 aliphatic heterocycles. The normalized spacial score (nSPS) is 14.0. The van der Waals surface area contributed by atoms with Crippen LogP contribution in [0.3, 0.4) is 0 Å². The van der Waals surface area contributed by atoms with Crippen molar-refractivity contribution in [2.24, 2.45) is 0 Å². The number of ketones is 1. The van der Waals surface area contributed by atoms with Crippen LogP contribution in [0.4, 0.5) is 0 Å². The SMILES string of the molecule is COc1cc(C(C)=O)ccc1OCCN1CCN(Cc2ccccc2)CC1.O=C(O)C(=O)O. The van der Waals surface area contributed by atoms with Gasteiger partial charge in [-0.1, -0.05) is 30.3 Å². The molecule has 178 valence electrons. The van der Waals surface area contributed by atoms with Crippen LogP contribution in [0.15, 0.2) is 48.5 Å². The lowest BCUT2D eigenvalue weighted by Gasteiger charge is -2.34. The molecule has 1 heterocycles. The molecule has 0 bridgehead atoms. The summed E-state index contributed by atoms with van der Waals surface area (Å²) in [5.74, 6) is -2.33. The molecule has 1 fully saturated rings. The van der Waals surface area contributed by atoms with Crippen LogP contribution in [0.1, 0.15) is 22.8 Å². The van der Waals surface area contributed by atoms with Crippen molar-refractivity contribution in [1.82, 2.24) is 9.80 Å². The molecular weight excluding hydrogens is 428 g/mol. The molecule has 0 amide bonds. The number of aliphatic carboxylic acids is 2. The molecule has 1 saturated heterocycles. The van der Waals surface area contributed by atoms with Crippen LogP contribution in [0.2, 0.25) is 0 Å². The highest BCUT2D eigenvalue weighted by atomic mass is 16.5. The monoisotopic (exact) mass is 458 g/mol. The van der Waals surface area contributed by atoms with E-state index in [1.807, 2.05) is 6.07 Å². The molecule has 0 radical (unpaired) electrons. The van der Waals surface area contributed by atoms with Gasteiger partial charge in [-0.3, -0.25) is 14.6 Å². The molecule has 0 aliphatic carbocycles. The van der Waals surface area contributed by atoms with Crippen LogP contribution in [0.5, 0.6) is 11.5 Å². The molecule has 2 aromatic rings. The molecule has 9 heteroatoms. The summed E-state index contributed by atoms with van der Waals surface area (Å²) in [7, 11) is 1.60. The van der Waals surface area contributed by atoms with E-state index in [4.69, 9.17) is 29.3 Å². The quantitative estimate of drug-likeness (QED) is 0.454. The van der Waals surface area contributed by atoms with Gasteiger partial charge >= 0.3 is 11.9 Å². The van der Waals surface area contributed by atoms with Crippen molar-refractivity contribution < 1.29 is 34.1 Å². The Morgan fingerprint density at radius 3 is 2.03 bits per heavy atom. The Morgan fingerprint density at radius 2 is 1.48 bits per heavy atom. The largest absolute Gasteiger partial charge is 0.493 e. The number of carboxylic acid groups (broad SMARTS) is 2. The van der Waals surface area contributed by atoms with Crippen molar-refractivity contribution in [1.29, 1.82) is 0 Å². The zero-order valence-corrected chi connectivity index (χ0v) is 18.9. The van der Waals surface area contributed by atoms with Crippen LogP contribution in [-0.4, -0.2) is 84.2 Å². The summed E-state index contributed by atoms with van der Waals surface area (Å²) in [6.45, 7) is 8.31. The smallest absolute Gasteiger partial charge is 0.414 e. The van der Waals surface area contributed by atoms with Gasteiger partial charge in [0.05, 0.1) is 7.11 Å². The Kier molecular flexibility index (Phi) is 10.3. The minimum absolute atomic E-state index is 0.0215. The Bertz CT molecular complexity index is 914. The number of carbonyl (C=O) groups excluding carboxylic acids is 1. The Morgan fingerprint density at radius 1 is 0.879 bits per heavy atom. The summed E-state index contributed by atoms with van der Waals surface area (Å²) in [6, 6.07) is 16.0. The van der Waals surface area contributed by atoms with Gasteiger partial charge in [0, 0.05) is 44.8 Å². The number of hydrogen-bond acceptors (Lipinski definition) is 7. The minimum Gasteiger partial charge on any atom is -0.493 e. The lowest BCUT2D eigenvalue weighted by Crippen LogP contribution is -2.47. The molecule has 33 heavy (non-hydrogen) atoms. The van der Waals surface area contributed by atoms with Crippen molar-refractivity contribution in [3.05, 3.63) is 59.7 Å². The number of methoxy groups -OCH3 is 1. The number of benzene rings is 2. The number of piperazine rings is 1. The predicted octanol–water partition coefficient (Wildman–Crippen LogP) is 2.25. The average molecular weight is 459 g/mol. The lowest BCUT2D eigenvalue weighted by atomic mass is 10.1. The maximum Gasteiger partial charge on any atom is 0.414 e. The van der Waals surface area contributed by atoms with Crippen LogP contribution in [0.25, 0.3) is 0 Å². The third-order valence-corrected chi connectivity index (χ3v) is 5.13. The number of rotatable bonds is 8. The van der Waals surface area contributed by atoms with Crippen molar-refractivity contribution in [3.63, 3.8) is 0 Å². The first-order valence-electron chi connectivity index (χ1n) is 10.6. The number of hydrogen-bond donors (Lipinski definition) is 2.